The summed E-state index contributed by atoms with van der Waals surface area (Å²) in [5.41, 5.74) is 0.806. The fourth-order valence-corrected chi connectivity index (χ4v) is 3.12. The van der Waals surface area contributed by atoms with E-state index in [0.717, 1.165) is 14.6 Å². The van der Waals surface area contributed by atoms with E-state index in [1.165, 1.54) is 0 Å². The molecule has 1 fully saturated rings. The van der Waals surface area contributed by atoms with Gasteiger partial charge in [-0.3, -0.25) is 9.59 Å². The van der Waals surface area contributed by atoms with Crippen LogP contribution in [0.15, 0.2) is 27.1 Å². The number of Topliss-reactive ketones (excluding diaryl/α,β-unsaturated/α-hetero) is 1. The van der Waals surface area contributed by atoms with Crippen LogP contribution >= 0.6 is 31.9 Å². The fourth-order valence-electron chi connectivity index (χ4n) is 1.70. The molecular weight excluding hydrogens is 338 g/mol. The lowest BCUT2D eigenvalue weighted by Gasteiger charge is -2.27. The Balaban J connectivity index is 2.37. The lowest BCUT2D eigenvalue weighted by molar-refractivity contribution is -0.128. The molecule has 0 radical (unpaired) electrons. The second-order valence-electron chi connectivity index (χ2n) is 3.58. The van der Waals surface area contributed by atoms with E-state index in [1.807, 2.05) is 18.2 Å². The Hall–Kier alpha value is -0.680. The number of hydrogen-bond acceptors (Lipinski definition) is 2. The average molecular weight is 347 g/mol. The number of anilines is 1. The van der Waals surface area contributed by atoms with E-state index in [-0.39, 0.29) is 18.1 Å². The standard InChI is InChI=1S/C11H9Br2NO2/c12-8-2-1-3-9(13)11(8)14-5-4-7(15)6-10(14)16/h1-3H,4-6H2. The van der Waals surface area contributed by atoms with Crippen molar-refractivity contribution in [2.24, 2.45) is 0 Å². The highest BCUT2D eigenvalue weighted by molar-refractivity contribution is 9.11. The number of piperidine rings is 1. The van der Waals surface area contributed by atoms with E-state index < -0.39 is 0 Å². The van der Waals surface area contributed by atoms with Gasteiger partial charge in [0.15, 0.2) is 0 Å². The molecule has 1 aromatic carbocycles. The molecule has 0 aromatic heterocycles. The lowest BCUT2D eigenvalue weighted by Crippen LogP contribution is -2.39. The molecule has 1 amide bonds. The second kappa shape index (κ2) is 4.67. The zero-order valence-electron chi connectivity index (χ0n) is 8.37. The number of benzene rings is 1. The Morgan fingerprint density at radius 2 is 1.75 bits per heavy atom. The van der Waals surface area contributed by atoms with Gasteiger partial charge in [-0.2, -0.15) is 0 Å². The van der Waals surface area contributed by atoms with Gasteiger partial charge in [0.2, 0.25) is 5.91 Å². The van der Waals surface area contributed by atoms with E-state index in [2.05, 4.69) is 31.9 Å². The van der Waals surface area contributed by atoms with Crippen LogP contribution in [0.2, 0.25) is 0 Å². The number of halogens is 2. The number of amides is 1. The topological polar surface area (TPSA) is 37.4 Å². The third kappa shape index (κ3) is 2.20. The fraction of sp³-hybridized carbons (Fsp3) is 0.273. The van der Waals surface area contributed by atoms with Gasteiger partial charge in [0.1, 0.15) is 5.78 Å². The summed E-state index contributed by atoms with van der Waals surface area (Å²) in [6.07, 6.45) is 0.438. The molecule has 16 heavy (non-hydrogen) atoms. The molecule has 0 N–H and O–H groups in total. The molecule has 0 spiro atoms. The molecule has 0 atom stereocenters. The largest absolute Gasteiger partial charge is 0.309 e. The summed E-state index contributed by atoms with van der Waals surface area (Å²) < 4.78 is 1.70. The summed E-state index contributed by atoms with van der Waals surface area (Å²) in [6.45, 7) is 0.457. The summed E-state index contributed by atoms with van der Waals surface area (Å²) in [7, 11) is 0. The molecule has 1 aliphatic heterocycles. The van der Waals surface area contributed by atoms with Crippen LogP contribution in [0.4, 0.5) is 5.69 Å². The first kappa shape index (κ1) is 11.8. The zero-order chi connectivity index (χ0) is 11.7. The molecule has 3 nitrogen and oxygen atoms in total. The first-order valence-corrected chi connectivity index (χ1v) is 6.44. The van der Waals surface area contributed by atoms with Crippen molar-refractivity contribution < 1.29 is 9.59 Å². The second-order valence-corrected chi connectivity index (χ2v) is 5.29. The summed E-state index contributed by atoms with van der Waals surface area (Å²) in [4.78, 5) is 24.6. The molecule has 2 rings (SSSR count). The van der Waals surface area contributed by atoms with Gasteiger partial charge < -0.3 is 4.90 Å². The number of carbonyl (C=O) groups excluding carboxylic acids is 2. The maximum atomic E-state index is 11.8. The van der Waals surface area contributed by atoms with E-state index in [4.69, 9.17) is 0 Å². The van der Waals surface area contributed by atoms with Gasteiger partial charge in [0.25, 0.3) is 0 Å². The highest BCUT2D eigenvalue weighted by Crippen LogP contribution is 2.35. The first-order valence-electron chi connectivity index (χ1n) is 4.85. The van der Waals surface area contributed by atoms with E-state index in [0.29, 0.717) is 13.0 Å². The molecule has 5 heteroatoms. The van der Waals surface area contributed by atoms with Crippen molar-refractivity contribution >= 4 is 49.2 Å². The van der Waals surface area contributed by atoms with Gasteiger partial charge >= 0.3 is 0 Å². The molecule has 0 bridgehead atoms. The van der Waals surface area contributed by atoms with E-state index >= 15 is 0 Å². The highest BCUT2D eigenvalue weighted by Gasteiger charge is 2.27. The van der Waals surface area contributed by atoms with Gasteiger partial charge in [-0.25, -0.2) is 0 Å². The summed E-state index contributed by atoms with van der Waals surface area (Å²) in [5, 5.41) is 0. The van der Waals surface area contributed by atoms with Crippen molar-refractivity contribution in [2.75, 3.05) is 11.4 Å². The predicted octanol–water partition coefficient (Wildman–Crippen LogP) is 2.91. The molecule has 0 saturated carbocycles. The lowest BCUT2D eigenvalue weighted by atomic mass is 10.1. The number of nitrogens with zero attached hydrogens (tertiary/aromatic N) is 1. The van der Waals surface area contributed by atoms with Crippen LogP contribution in [0.25, 0.3) is 0 Å². The first-order chi connectivity index (χ1) is 7.59. The van der Waals surface area contributed by atoms with Crippen LogP contribution in [-0.4, -0.2) is 18.2 Å². The molecular formula is C11H9Br2NO2. The van der Waals surface area contributed by atoms with Gasteiger partial charge in [0.05, 0.1) is 12.1 Å². The van der Waals surface area contributed by atoms with Crippen molar-refractivity contribution in [1.82, 2.24) is 0 Å². The van der Waals surface area contributed by atoms with Crippen LogP contribution in [0.5, 0.6) is 0 Å². The van der Waals surface area contributed by atoms with Gasteiger partial charge in [0, 0.05) is 21.9 Å². The predicted molar refractivity (Wildman–Crippen MR) is 68.4 cm³/mol. The average Bonchev–Trinajstić information content (AvgIpc) is 2.20. The number of para-hydroxylation sites is 1. The highest BCUT2D eigenvalue weighted by atomic mass is 79.9. The normalized spacial score (nSPS) is 16.8. The van der Waals surface area contributed by atoms with Crippen molar-refractivity contribution in [1.29, 1.82) is 0 Å². The SMILES string of the molecule is O=C1CCN(c2c(Br)cccc2Br)C(=O)C1. The summed E-state index contributed by atoms with van der Waals surface area (Å²) in [6, 6.07) is 5.64. The van der Waals surface area contributed by atoms with Crippen molar-refractivity contribution in [3.63, 3.8) is 0 Å². The van der Waals surface area contributed by atoms with Crippen molar-refractivity contribution in [2.45, 2.75) is 12.8 Å². The smallest absolute Gasteiger partial charge is 0.234 e. The minimum absolute atomic E-state index is 0.00771. The Bertz CT molecular complexity index is 439. The Labute approximate surface area is 110 Å². The van der Waals surface area contributed by atoms with Crippen molar-refractivity contribution in [3.8, 4) is 0 Å². The third-order valence-electron chi connectivity index (χ3n) is 2.47. The maximum Gasteiger partial charge on any atom is 0.234 e. The number of ketones is 1. The molecule has 0 unspecified atom stereocenters. The molecule has 84 valence electrons. The Kier molecular flexibility index (Phi) is 3.44. The summed E-state index contributed by atoms with van der Waals surface area (Å²) >= 11 is 6.83. The van der Waals surface area contributed by atoms with Crippen LogP contribution in [-0.2, 0) is 9.59 Å². The van der Waals surface area contributed by atoms with Crippen molar-refractivity contribution in [3.05, 3.63) is 27.1 Å². The van der Waals surface area contributed by atoms with Gasteiger partial charge in [-0.1, -0.05) is 6.07 Å². The quantitative estimate of drug-likeness (QED) is 0.733. The minimum atomic E-state index is -0.135. The molecule has 1 aromatic rings. The number of hydrogen-bond donors (Lipinski definition) is 0. The van der Waals surface area contributed by atoms with Gasteiger partial charge in [-0.15, -0.1) is 0 Å². The van der Waals surface area contributed by atoms with Crippen LogP contribution in [0, 0.1) is 0 Å². The monoisotopic (exact) mass is 345 g/mol. The van der Waals surface area contributed by atoms with Gasteiger partial charge in [-0.05, 0) is 44.0 Å². The molecule has 0 aliphatic carbocycles. The Morgan fingerprint density at radius 1 is 1.12 bits per heavy atom. The zero-order valence-corrected chi connectivity index (χ0v) is 11.5. The minimum Gasteiger partial charge on any atom is -0.309 e. The summed E-state index contributed by atoms with van der Waals surface area (Å²) in [5.74, 6) is -0.117. The van der Waals surface area contributed by atoms with Crippen LogP contribution in [0.3, 0.4) is 0 Å². The van der Waals surface area contributed by atoms with E-state index in [9.17, 15) is 9.59 Å². The third-order valence-corrected chi connectivity index (χ3v) is 3.75. The molecule has 1 aliphatic rings. The number of carbonyl (C=O) groups is 2. The van der Waals surface area contributed by atoms with Crippen LogP contribution in [0.1, 0.15) is 12.8 Å². The number of rotatable bonds is 1. The molecule has 1 heterocycles. The maximum absolute atomic E-state index is 11.8. The Morgan fingerprint density at radius 3 is 2.31 bits per heavy atom. The van der Waals surface area contributed by atoms with Crippen LogP contribution < -0.4 is 4.90 Å². The molecule has 1 saturated heterocycles. The van der Waals surface area contributed by atoms with E-state index in [1.54, 1.807) is 4.90 Å².